The lowest BCUT2D eigenvalue weighted by atomic mass is 9.91. The van der Waals surface area contributed by atoms with Crippen LogP contribution >= 0.6 is 0 Å². The van der Waals surface area contributed by atoms with Crippen molar-refractivity contribution < 1.29 is 43.0 Å². The fourth-order valence-electron chi connectivity index (χ4n) is 2.57. The van der Waals surface area contributed by atoms with Gasteiger partial charge in [0.1, 0.15) is 5.75 Å². The van der Waals surface area contributed by atoms with Gasteiger partial charge in [0, 0.05) is 0 Å². The molecule has 0 aliphatic heterocycles. The van der Waals surface area contributed by atoms with Crippen LogP contribution in [-0.2, 0) is 19.7 Å². The van der Waals surface area contributed by atoms with Gasteiger partial charge in [0.2, 0.25) is 0 Å². The van der Waals surface area contributed by atoms with E-state index in [1.165, 1.54) is 17.7 Å². The van der Waals surface area contributed by atoms with Gasteiger partial charge in [-0.05, 0) is 100 Å². The second-order valence-electron chi connectivity index (χ2n) is 11.7. The van der Waals surface area contributed by atoms with E-state index < -0.39 is 27.5 Å². The third kappa shape index (κ3) is 23.1. The number of aromatic hydroxyl groups is 1. The van der Waals surface area contributed by atoms with Gasteiger partial charge in [-0.3, -0.25) is 14.1 Å². The lowest BCUT2D eigenvalue weighted by molar-refractivity contribution is -0.147. The molecule has 0 spiro atoms. The predicted octanol–water partition coefficient (Wildman–Crippen LogP) is 8.75. The van der Waals surface area contributed by atoms with Crippen LogP contribution in [0.2, 0.25) is 0 Å². The third-order valence-corrected chi connectivity index (χ3v) is 8.39. The number of carboxylic acids is 2. The lowest BCUT2D eigenvalue weighted by Gasteiger charge is -2.14. The number of hydrogen-bond acceptors (Lipinski definition) is 6. The highest BCUT2D eigenvalue weighted by molar-refractivity contribution is 7.85. The normalized spacial score (nSPS) is 13.3. The first-order valence-corrected chi connectivity index (χ1v) is 17.1. The first kappa shape index (κ1) is 46.5. The molecule has 2 aromatic carbocycles. The van der Waals surface area contributed by atoms with Gasteiger partial charge in [0.25, 0.3) is 10.1 Å². The first-order valence-electron chi connectivity index (χ1n) is 15.6. The standard InChI is InChI=1S/C10H14O3S.C10H14O.C6H12O2.C5H10O2.C4H10O/c1-3-8(2)9-4-6-10(7-5-9)14(11,12)13;1-3-8(2)9-4-6-10(11)7-5-9;1-4-6(2,3)5(7)8;1-3-4(2)5(6)7;1-3-4(2)5/h4-8H,3H2,1-2H3,(H,11,12,13);4-8,11H,3H2,1-2H3;4H2,1-3H3,(H,7,8);4H,3H2,1-2H3,(H,6,7);4-5H,3H2,1-2H3. The Balaban J connectivity index is -0.000000513. The summed E-state index contributed by atoms with van der Waals surface area (Å²) >= 11 is 0. The average Bonchev–Trinajstić information content (AvgIpc) is 3.00. The van der Waals surface area contributed by atoms with Crippen LogP contribution < -0.4 is 0 Å². The molecule has 0 aliphatic rings. The Morgan fingerprint density at radius 1 is 0.711 bits per heavy atom. The van der Waals surface area contributed by atoms with Crippen LogP contribution in [0.4, 0.5) is 0 Å². The zero-order chi connectivity index (χ0) is 36.0. The molecule has 0 aliphatic carbocycles. The fraction of sp³-hybridized carbons (Fsp3) is 0.600. The molecule has 4 unspecified atom stereocenters. The van der Waals surface area contributed by atoms with Crippen LogP contribution in [0.15, 0.2) is 53.4 Å². The highest BCUT2D eigenvalue weighted by Crippen LogP contribution is 2.21. The van der Waals surface area contributed by atoms with Gasteiger partial charge in [-0.1, -0.05) is 79.7 Å². The van der Waals surface area contributed by atoms with Gasteiger partial charge in [0.05, 0.1) is 22.3 Å². The second kappa shape index (κ2) is 24.3. The number of aliphatic hydroxyl groups excluding tert-OH is 1. The molecule has 0 heterocycles. The molecule has 260 valence electrons. The minimum atomic E-state index is -4.05. The summed E-state index contributed by atoms with van der Waals surface area (Å²) < 4.78 is 30.2. The maximum atomic E-state index is 10.7. The number of aliphatic hydroxyl groups is 1. The van der Waals surface area contributed by atoms with Crippen molar-refractivity contribution in [2.75, 3.05) is 0 Å². The van der Waals surface area contributed by atoms with Crippen LogP contribution in [0.25, 0.3) is 0 Å². The molecule has 0 radical (unpaired) electrons. The van der Waals surface area contributed by atoms with Gasteiger partial charge < -0.3 is 20.4 Å². The van der Waals surface area contributed by atoms with Crippen molar-refractivity contribution in [1.29, 1.82) is 0 Å². The van der Waals surface area contributed by atoms with Crippen molar-refractivity contribution in [3.8, 4) is 5.75 Å². The highest BCUT2D eigenvalue weighted by Gasteiger charge is 2.23. The molecule has 0 amide bonds. The number of phenolic OH excluding ortho intramolecular Hbond substituents is 1. The van der Waals surface area contributed by atoms with E-state index in [0.29, 0.717) is 24.0 Å². The molecular formula is C35H60O9S. The maximum absolute atomic E-state index is 10.7. The van der Waals surface area contributed by atoms with Crippen molar-refractivity contribution in [2.45, 2.75) is 131 Å². The molecule has 45 heavy (non-hydrogen) atoms. The van der Waals surface area contributed by atoms with Crippen molar-refractivity contribution in [1.82, 2.24) is 0 Å². The number of benzene rings is 2. The Kier molecular flexibility index (Phi) is 25.1. The van der Waals surface area contributed by atoms with Crippen LogP contribution in [0.1, 0.15) is 131 Å². The summed E-state index contributed by atoms with van der Waals surface area (Å²) in [4.78, 5) is 20.1. The summed E-state index contributed by atoms with van der Waals surface area (Å²) in [6.45, 7) is 21.1. The van der Waals surface area contributed by atoms with Crippen molar-refractivity contribution >= 4 is 22.1 Å². The summed E-state index contributed by atoms with van der Waals surface area (Å²) in [6, 6.07) is 13.7. The number of carbonyl (C=O) groups is 2. The van der Waals surface area contributed by atoms with Crippen LogP contribution in [0.3, 0.4) is 0 Å². The molecule has 0 fully saturated rings. The SMILES string of the molecule is CCC(C)(C)C(=O)O.CCC(C)C(=O)O.CCC(C)O.CCC(C)c1ccc(O)cc1.CCC(C)c1ccc(S(=O)(=O)O)cc1. The second-order valence-corrected chi connectivity index (χ2v) is 13.1. The van der Waals surface area contributed by atoms with E-state index in [0.717, 1.165) is 31.2 Å². The molecule has 10 heteroatoms. The Labute approximate surface area is 272 Å². The molecular weight excluding hydrogens is 596 g/mol. The zero-order valence-electron chi connectivity index (χ0n) is 29.2. The maximum Gasteiger partial charge on any atom is 0.309 e. The third-order valence-electron chi connectivity index (χ3n) is 7.52. The molecule has 2 aromatic rings. The van der Waals surface area contributed by atoms with Gasteiger partial charge >= 0.3 is 11.9 Å². The van der Waals surface area contributed by atoms with E-state index in [1.807, 2.05) is 32.9 Å². The van der Waals surface area contributed by atoms with Crippen LogP contribution in [-0.4, -0.2) is 51.4 Å². The van der Waals surface area contributed by atoms with Crippen molar-refractivity contribution in [3.05, 3.63) is 59.7 Å². The monoisotopic (exact) mass is 656 g/mol. The van der Waals surface area contributed by atoms with Crippen LogP contribution in [0, 0.1) is 11.3 Å². The van der Waals surface area contributed by atoms with E-state index in [-0.39, 0.29) is 16.9 Å². The highest BCUT2D eigenvalue weighted by atomic mass is 32.2. The number of hydrogen-bond donors (Lipinski definition) is 5. The Morgan fingerprint density at radius 3 is 1.24 bits per heavy atom. The molecule has 5 N–H and O–H groups in total. The number of carboxylic acid groups (broad SMARTS) is 2. The van der Waals surface area contributed by atoms with Crippen molar-refractivity contribution in [3.63, 3.8) is 0 Å². The summed E-state index contributed by atoms with van der Waals surface area (Å²) in [6.07, 6.45) is 4.29. The minimum absolute atomic E-state index is 0.0513. The quantitative estimate of drug-likeness (QED) is 0.157. The van der Waals surface area contributed by atoms with E-state index in [9.17, 15) is 18.0 Å². The smallest absolute Gasteiger partial charge is 0.309 e. The summed E-state index contributed by atoms with van der Waals surface area (Å²) in [5, 5.41) is 34.0. The zero-order valence-corrected chi connectivity index (χ0v) is 30.1. The van der Waals surface area contributed by atoms with E-state index in [2.05, 4.69) is 27.7 Å². The molecule has 0 saturated carbocycles. The Bertz CT molecular complexity index is 1160. The molecule has 0 bridgehead atoms. The van der Waals surface area contributed by atoms with E-state index >= 15 is 0 Å². The minimum Gasteiger partial charge on any atom is -0.508 e. The predicted molar refractivity (Wildman–Crippen MR) is 183 cm³/mol. The van der Waals surface area contributed by atoms with Gasteiger partial charge in [-0.25, -0.2) is 0 Å². The number of rotatable bonds is 10. The van der Waals surface area contributed by atoms with E-state index in [4.69, 9.17) is 25.0 Å². The van der Waals surface area contributed by atoms with E-state index in [1.54, 1.807) is 52.0 Å². The first-order chi connectivity index (χ1) is 20.6. The van der Waals surface area contributed by atoms with Gasteiger partial charge in [-0.15, -0.1) is 0 Å². The Morgan fingerprint density at radius 2 is 1.07 bits per heavy atom. The largest absolute Gasteiger partial charge is 0.508 e. The average molecular weight is 657 g/mol. The lowest BCUT2D eigenvalue weighted by Crippen LogP contribution is -2.21. The molecule has 9 nitrogen and oxygen atoms in total. The topological polar surface area (TPSA) is 169 Å². The molecule has 4 atom stereocenters. The van der Waals surface area contributed by atoms with Gasteiger partial charge in [-0.2, -0.15) is 8.42 Å². The Hall–Kier alpha value is -2.95. The molecule has 0 aromatic heterocycles. The fourth-order valence-corrected chi connectivity index (χ4v) is 3.05. The molecule has 2 rings (SSSR count). The van der Waals surface area contributed by atoms with Crippen LogP contribution in [0.5, 0.6) is 5.75 Å². The number of aliphatic carboxylic acids is 2. The summed E-state index contributed by atoms with van der Waals surface area (Å²) in [5.74, 6) is -0.263. The summed E-state index contributed by atoms with van der Waals surface area (Å²) in [7, 11) is -4.05. The molecule has 0 saturated heterocycles. The van der Waals surface area contributed by atoms with Gasteiger partial charge in [0.15, 0.2) is 0 Å². The summed E-state index contributed by atoms with van der Waals surface area (Å²) in [5.41, 5.74) is 1.84. The van der Waals surface area contributed by atoms with Crippen molar-refractivity contribution in [2.24, 2.45) is 11.3 Å². The number of phenols is 1.